The van der Waals surface area contributed by atoms with Crippen LogP contribution in [0.2, 0.25) is 0 Å². The fraction of sp³-hybridized carbons (Fsp3) is 0.222. The summed E-state index contributed by atoms with van der Waals surface area (Å²) in [6, 6.07) is 2.89. The largest absolute Gasteiger partial charge is 0.480 e. The lowest BCUT2D eigenvalue weighted by Crippen LogP contribution is -2.25. The first kappa shape index (κ1) is 11.9. The zero-order chi connectivity index (χ0) is 12.3. The maximum atomic E-state index is 12.9. The predicted octanol–water partition coefficient (Wildman–Crippen LogP) is 1.25. The number of halogens is 1. The quantitative estimate of drug-likeness (QED) is 0.619. The van der Waals surface area contributed by atoms with Crippen molar-refractivity contribution in [2.75, 3.05) is 18.5 Å². The van der Waals surface area contributed by atoms with Gasteiger partial charge in [-0.25, -0.2) is 4.39 Å². The third kappa shape index (κ3) is 2.66. The van der Waals surface area contributed by atoms with Gasteiger partial charge in [-0.15, -0.1) is 0 Å². The lowest BCUT2D eigenvalue weighted by Gasteiger charge is -2.16. The van der Waals surface area contributed by atoms with E-state index in [0.717, 1.165) is 23.1 Å². The van der Waals surface area contributed by atoms with E-state index in [4.69, 9.17) is 5.11 Å². The Morgan fingerprint density at radius 2 is 2.25 bits per heavy atom. The van der Waals surface area contributed by atoms with Gasteiger partial charge in [0.2, 0.25) is 0 Å². The summed E-state index contributed by atoms with van der Waals surface area (Å²) >= 11 is 0. The summed E-state index contributed by atoms with van der Waals surface area (Å²) in [4.78, 5) is 21.5. The lowest BCUT2D eigenvalue weighted by molar-refractivity contribution is -0.384. The molecule has 0 fully saturated rings. The summed E-state index contributed by atoms with van der Waals surface area (Å²) < 4.78 is 12.9. The fourth-order valence-electron chi connectivity index (χ4n) is 1.24. The van der Waals surface area contributed by atoms with Crippen molar-refractivity contribution in [3.63, 3.8) is 0 Å². The highest BCUT2D eigenvalue weighted by atomic mass is 19.1. The second-order valence-corrected chi connectivity index (χ2v) is 3.14. The minimum Gasteiger partial charge on any atom is -0.480 e. The standard InChI is InChI=1S/C9H9FN2O4/c1-11(5-9(13)14)8-4-6(10)2-3-7(8)12(15)16/h2-4H,5H2,1H3,(H,13,14). The van der Waals surface area contributed by atoms with Crippen LogP contribution < -0.4 is 4.90 Å². The number of hydrogen-bond acceptors (Lipinski definition) is 4. The van der Waals surface area contributed by atoms with Gasteiger partial charge in [-0.05, 0) is 6.07 Å². The Morgan fingerprint density at radius 3 is 2.75 bits per heavy atom. The number of carbonyl (C=O) groups is 1. The molecule has 0 saturated carbocycles. The third-order valence-corrected chi connectivity index (χ3v) is 1.92. The molecule has 0 aliphatic rings. The number of nitro benzene ring substituents is 1. The number of hydrogen-bond donors (Lipinski definition) is 1. The van der Waals surface area contributed by atoms with Crippen molar-refractivity contribution >= 4 is 17.3 Å². The topological polar surface area (TPSA) is 83.7 Å². The van der Waals surface area contributed by atoms with Crippen molar-refractivity contribution in [2.45, 2.75) is 0 Å². The Labute approximate surface area is 90.1 Å². The molecule has 1 aromatic rings. The van der Waals surface area contributed by atoms with Crippen molar-refractivity contribution in [1.82, 2.24) is 0 Å². The first-order chi connectivity index (χ1) is 7.41. The molecule has 7 heteroatoms. The van der Waals surface area contributed by atoms with Gasteiger partial charge >= 0.3 is 5.97 Å². The van der Waals surface area contributed by atoms with Crippen LogP contribution in [0.4, 0.5) is 15.8 Å². The number of benzene rings is 1. The van der Waals surface area contributed by atoms with Crippen LogP contribution in [0.25, 0.3) is 0 Å². The Bertz CT molecular complexity index is 436. The van der Waals surface area contributed by atoms with Gasteiger partial charge in [0.15, 0.2) is 0 Å². The van der Waals surface area contributed by atoms with Gasteiger partial charge in [-0.1, -0.05) is 0 Å². The molecular weight excluding hydrogens is 219 g/mol. The van der Waals surface area contributed by atoms with E-state index in [0.29, 0.717) is 0 Å². The molecule has 0 radical (unpaired) electrons. The number of aliphatic carboxylic acids is 1. The Kier molecular flexibility index (Phi) is 3.39. The molecule has 86 valence electrons. The summed E-state index contributed by atoms with van der Waals surface area (Å²) in [5, 5.41) is 19.2. The van der Waals surface area contributed by atoms with E-state index < -0.39 is 23.3 Å². The average Bonchev–Trinajstić information content (AvgIpc) is 2.15. The molecule has 6 nitrogen and oxygen atoms in total. The van der Waals surface area contributed by atoms with Gasteiger partial charge in [0, 0.05) is 19.2 Å². The van der Waals surface area contributed by atoms with Crippen LogP contribution in [0.5, 0.6) is 0 Å². The van der Waals surface area contributed by atoms with E-state index >= 15 is 0 Å². The summed E-state index contributed by atoms with van der Waals surface area (Å²) in [6.45, 7) is -0.440. The zero-order valence-electron chi connectivity index (χ0n) is 8.38. The second-order valence-electron chi connectivity index (χ2n) is 3.14. The van der Waals surface area contributed by atoms with Crippen molar-refractivity contribution in [3.05, 3.63) is 34.1 Å². The third-order valence-electron chi connectivity index (χ3n) is 1.92. The minimum absolute atomic E-state index is 0.0626. The molecule has 1 N–H and O–H groups in total. The Morgan fingerprint density at radius 1 is 1.62 bits per heavy atom. The molecule has 0 aliphatic carbocycles. The molecule has 1 aromatic carbocycles. The smallest absolute Gasteiger partial charge is 0.323 e. The first-order valence-electron chi connectivity index (χ1n) is 4.28. The van der Waals surface area contributed by atoms with Crippen LogP contribution in [-0.2, 0) is 4.79 Å². The number of carboxylic acid groups (broad SMARTS) is 1. The first-order valence-corrected chi connectivity index (χ1v) is 4.28. The number of anilines is 1. The Balaban J connectivity index is 3.13. The molecule has 0 aromatic heterocycles. The molecule has 1 rings (SSSR count). The van der Waals surface area contributed by atoms with Gasteiger partial charge in [0.1, 0.15) is 18.0 Å². The number of nitro groups is 1. The highest BCUT2D eigenvalue weighted by Gasteiger charge is 2.19. The second kappa shape index (κ2) is 4.56. The predicted molar refractivity (Wildman–Crippen MR) is 54.0 cm³/mol. The lowest BCUT2D eigenvalue weighted by atomic mass is 10.2. The molecule has 0 atom stereocenters. The highest BCUT2D eigenvalue weighted by Crippen LogP contribution is 2.27. The number of rotatable bonds is 4. The normalized spacial score (nSPS) is 9.88. The maximum Gasteiger partial charge on any atom is 0.323 e. The van der Waals surface area contributed by atoms with Gasteiger partial charge in [-0.2, -0.15) is 0 Å². The van der Waals surface area contributed by atoms with Crippen molar-refractivity contribution in [2.24, 2.45) is 0 Å². The van der Waals surface area contributed by atoms with Gasteiger partial charge in [0.05, 0.1) is 4.92 Å². The molecule has 0 unspecified atom stereocenters. The molecule has 0 aliphatic heterocycles. The molecule has 16 heavy (non-hydrogen) atoms. The summed E-state index contributed by atoms with van der Waals surface area (Å²) in [6.07, 6.45) is 0. The molecule has 0 heterocycles. The van der Waals surface area contributed by atoms with E-state index in [9.17, 15) is 19.3 Å². The summed E-state index contributed by atoms with van der Waals surface area (Å²) in [7, 11) is 1.34. The van der Waals surface area contributed by atoms with Gasteiger partial charge < -0.3 is 10.0 Å². The zero-order valence-corrected chi connectivity index (χ0v) is 8.38. The number of nitrogens with zero attached hydrogens (tertiary/aromatic N) is 2. The molecule has 0 spiro atoms. The van der Waals surface area contributed by atoms with Crippen molar-refractivity contribution in [3.8, 4) is 0 Å². The molecule has 0 saturated heterocycles. The van der Waals surface area contributed by atoms with E-state index in [1.54, 1.807) is 0 Å². The van der Waals surface area contributed by atoms with E-state index in [2.05, 4.69) is 0 Å². The van der Waals surface area contributed by atoms with Crippen LogP contribution >= 0.6 is 0 Å². The number of carboxylic acids is 1. The SMILES string of the molecule is CN(CC(=O)O)c1cc(F)ccc1[N+](=O)[O-]. The fourth-order valence-corrected chi connectivity index (χ4v) is 1.24. The number of likely N-dealkylation sites (N-methyl/N-ethyl adjacent to an activating group) is 1. The minimum atomic E-state index is -1.15. The van der Waals surface area contributed by atoms with Gasteiger partial charge in [-0.3, -0.25) is 14.9 Å². The van der Waals surface area contributed by atoms with E-state index in [1.165, 1.54) is 7.05 Å². The molecule has 0 bridgehead atoms. The van der Waals surface area contributed by atoms with Crippen LogP contribution in [0, 0.1) is 15.9 Å². The maximum absolute atomic E-state index is 12.9. The Hall–Kier alpha value is -2.18. The van der Waals surface area contributed by atoms with Crippen LogP contribution in [0.3, 0.4) is 0 Å². The highest BCUT2D eigenvalue weighted by molar-refractivity contribution is 5.75. The summed E-state index contributed by atoms with van der Waals surface area (Å²) in [5.74, 6) is -1.81. The summed E-state index contributed by atoms with van der Waals surface area (Å²) in [5.41, 5.74) is -0.391. The van der Waals surface area contributed by atoms with E-state index in [1.807, 2.05) is 0 Å². The molecule has 0 amide bonds. The monoisotopic (exact) mass is 228 g/mol. The van der Waals surface area contributed by atoms with E-state index in [-0.39, 0.29) is 11.4 Å². The van der Waals surface area contributed by atoms with Crippen LogP contribution in [0.15, 0.2) is 18.2 Å². The molecular formula is C9H9FN2O4. The van der Waals surface area contributed by atoms with Crippen LogP contribution in [0.1, 0.15) is 0 Å². The average molecular weight is 228 g/mol. The van der Waals surface area contributed by atoms with Crippen LogP contribution in [-0.4, -0.2) is 29.6 Å². The van der Waals surface area contributed by atoms with Gasteiger partial charge in [0.25, 0.3) is 5.69 Å². The van der Waals surface area contributed by atoms with Crippen molar-refractivity contribution in [1.29, 1.82) is 0 Å². The van der Waals surface area contributed by atoms with Crippen molar-refractivity contribution < 1.29 is 19.2 Å².